The van der Waals surface area contributed by atoms with Crippen LogP contribution in [0.3, 0.4) is 0 Å². The highest BCUT2D eigenvalue weighted by atomic mass is 32.2. The number of para-hydroxylation sites is 2. The molecular weight excluding hydrogens is 388 g/mol. The Bertz CT molecular complexity index is 980. The number of carbonyl (C=O) groups is 1. The van der Waals surface area contributed by atoms with E-state index in [1.807, 2.05) is 57.2 Å². The molecule has 1 saturated heterocycles. The van der Waals surface area contributed by atoms with Crippen LogP contribution in [0.1, 0.15) is 30.9 Å². The zero-order chi connectivity index (χ0) is 21.0. The minimum Gasteiger partial charge on any atom is -0.492 e. The number of hydrogen-bond donors (Lipinski definition) is 1. The summed E-state index contributed by atoms with van der Waals surface area (Å²) in [4.78, 5) is 13.1. The van der Waals surface area contributed by atoms with Crippen LogP contribution in [-0.2, 0) is 14.8 Å². The van der Waals surface area contributed by atoms with Crippen LogP contribution in [0.15, 0.2) is 47.4 Å². The van der Waals surface area contributed by atoms with E-state index in [9.17, 15) is 13.2 Å². The van der Waals surface area contributed by atoms with Crippen molar-refractivity contribution >= 4 is 21.6 Å². The number of ether oxygens (including phenoxy) is 1. The standard InChI is InChI=1S/C22H28N2O4S/c1-4-28-20-8-6-5-7-19(20)23-22(25)18-11-13-24(14-12-18)29(26,27)21-15-16(2)9-10-17(21)3/h5-10,15,18H,4,11-14H2,1-3H3,(H,23,25). The number of anilines is 1. The minimum absolute atomic E-state index is 0.0964. The van der Waals surface area contributed by atoms with Crippen molar-refractivity contribution in [3.8, 4) is 5.75 Å². The topological polar surface area (TPSA) is 75.7 Å². The van der Waals surface area contributed by atoms with Crippen molar-refractivity contribution in [2.75, 3.05) is 25.0 Å². The summed E-state index contributed by atoms with van der Waals surface area (Å²) < 4.78 is 33.2. The number of benzene rings is 2. The zero-order valence-corrected chi connectivity index (χ0v) is 18.0. The highest BCUT2D eigenvalue weighted by Crippen LogP contribution is 2.29. The summed E-state index contributed by atoms with van der Waals surface area (Å²) in [5.74, 6) is 0.314. The summed E-state index contributed by atoms with van der Waals surface area (Å²) in [7, 11) is -3.56. The number of nitrogens with zero attached hydrogens (tertiary/aromatic N) is 1. The van der Waals surface area contributed by atoms with E-state index >= 15 is 0 Å². The fourth-order valence-corrected chi connectivity index (χ4v) is 5.35. The number of carbonyl (C=O) groups excluding carboxylic acids is 1. The van der Waals surface area contributed by atoms with Crippen LogP contribution in [0.25, 0.3) is 0 Å². The second-order valence-electron chi connectivity index (χ2n) is 7.37. The van der Waals surface area contributed by atoms with E-state index in [0.717, 1.165) is 11.1 Å². The average Bonchev–Trinajstić information content (AvgIpc) is 2.71. The molecule has 0 unspecified atom stereocenters. The number of nitrogens with one attached hydrogen (secondary N) is 1. The fraction of sp³-hybridized carbons (Fsp3) is 0.409. The molecule has 1 heterocycles. The van der Waals surface area contributed by atoms with Gasteiger partial charge in [0.25, 0.3) is 0 Å². The van der Waals surface area contributed by atoms with Gasteiger partial charge in [0.2, 0.25) is 15.9 Å². The lowest BCUT2D eigenvalue weighted by Gasteiger charge is -2.31. The normalized spacial score (nSPS) is 15.8. The van der Waals surface area contributed by atoms with E-state index in [0.29, 0.717) is 48.9 Å². The predicted molar refractivity (Wildman–Crippen MR) is 114 cm³/mol. The molecule has 0 atom stereocenters. The Morgan fingerprint density at radius 3 is 2.52 bits per heavy atom. The summed E-state index contributed by atoms with van der Waals surface area (Å²) in [6.07, 6.45) is 0.986. The molecule has 1 amide bonds. The van der Waals surface area contributed by atoms with Gasteiger partial charge in [-0.05, 0) is 62.9 Å². The summed E-state index contributed by atoms with van der Waals surface area (Å²) in [6, 6.07) is 12.8. The maximum absolute atomic E-state index is 13.1. The number of piperidine rings is 1. The maximum atomic E-state index is 13.1. The Morgan fingerprint density at radius 1 is 1.14 bits per heavy atom. The molecule has 7 heteroatoms. The Kier molecular flexibility index (Phi) is 6.59. The van der Waals surface area contributed by atoms with Crippen molar-refractivity contribution < 1.29 is 17.9 Å². The van der Waals surface area contributed by atoms with Gasteiger partial charge in [-0.15, -0.1) is 0 Å². The molecule has 1 N–H and O–H groups in total. The van der Waals surface area contributed by atoms with Crippen LogP contribution in [0.5, 0.6) is 5.75 Å². The van der Waals surface area contributed by atoms with Crippen LogP contribution in [0, 0.1) is 19.8 Å². The third kappa shape index (κ3) is 4.79. The number of amides is 1. The second kappa shape index (κ2) is 8.97. The van der Waals surface area contributed by atoms with Crippen LogP contribution >= 0.6 is 0 Å². The molecule has 1 aliphatic rings. The fourth-order valence-electron chi connectivity index (χ4n) is 3.57. The van der Waals surface area contributed by atoms with Gasteiger partial charge in [-0.1, -0.05) is 24.3 Å². The molecule has 1 aliphatic heterocycles. The van der Waals surface area contributed by atoms with Crippen molar-refractivity contribution in [1.29, 1.82) is 0 Å². The third-order valence-corrected chi connectivity index (χ3v) is 7.27. The second-order valence-corrected chi connectivity index (χ2v) is 9.27. The van der Waals surface area contributed by atoms with Gasteiger partial charge >= 0.3 is 0 Å². The van der Waals surface area contributed by atoms with Crippen molar-refractivity contribution in [3.63, 3.8) is 0 Å². The van der Waals surface area contributed by atoms with Crippen molar-refractivity contribution in [2.45, 2.75) is 38.5 Å². The lowest BCUT2D eigenvalue weighted by Crippen LogP contribution is -2.41. The molecule has 0 spiro atoms. The van der Waals surface area contributed by atoms with Gasteiger partial charge in [-0.2, -0.15) is 4.31 Å². The van der Waals surface area contributed by atoms with Crippen LogP contribution in [-0.4, -0.2) is 38.3 Å². The molecule has 3 rings (SSSR count). The third-order valence-electron chi connectivity index (χ3n) is 5.23. The van der Waals surface area contributed by atoms with Gasteiger partial charge in [-0.3, -0.25) is 4.79 Å². The SMILES string of the molecule is CCOc1ccccc1NC(=O)C1CCN(S(=O)(=O)c2cc(C)ccc2C)CC1. The number of hydrogen-bond acceptors (Lipinski definition) is 4. The first-order valence-corrected chi connectivity index (χ1v) is 11.4. The van der Waals surface area contributed by atoms with Gasteiger partial charge in [-0.25, -0.2) is 8.42 Å². The number of rotatable bonds is 6. The lowest BCUT2D eigenvalue weighted by molar-refractivity contribution is -0.120. The van der Waals surface area contributed by atoms with Crippen molar-refractivity contribution in [1.82, 2.24) is 4.31 Å². The molecular formula is C22H28N2O4S. The highest BCUT2D eigenvalue weighted by molar-refractivity contribution is 7.89. The van der Waals surface area contributed by atoms with Gasteiger partial charge < -0.3 is 10.1 Å². The van der Waals surface area contributed by atoms with E-state index in [1.54, 1.807) is 6.07 Å². The first-order chi connectivity index (χ1) is 13.8. The van der Waals surface area contributed by atoms with E-state index in [-0.39, 0.29) is 11.8 Å². The van der Waals surface area contributed by atoms with E-state index in [1.165, 1.54) is 4.31 Å². The summed E-state index contributed by atoms with van der Waals surface area (Å²) >= 11 is 0. The minimum atomic E-state index is -3.56. The van der Waals surface area contributed by atoms with E-state index in [4.69, 9.17) is 4.74 Å². The molecule has 6 nitrogen and oxygen atoms in total. The van der Waals surface area contributed by atoms with Crippen LogP contribution in [0.2, 0.25) is 0 Å². The molecule has 0 radical (unpaired) electrons. The molecule has 156 valence electrons. The zero-order valence-electron chi connectivity index (χ0n) is 17.1. The summed E-state index contributed by atoms with van der Waals surface area (Å²) in [6.45, 7) is 6.77. The Labute approximate surface area is 172 Å². The lowest BCUT2D eigenvalue weighted by atomic mass is 9.97. The quantitative estimate of drug-likeness (QED) is 0.778. The molecule has 2 aromatic carbocycles. The largest absolute Gasteiger partial charge is 0.492 e. The van der Waals surface area contributed by atoms with Gasteiger partial charge in [0.15, 0.2) is 0 Å². The number of sulfonamides is 1. The predicted octanol–water partition coefficient (Wildman–Crippen LogP) is 3.74. The maximum Gasteiger partial charge on any atom is 0.243 e. The monoisotopic (exact) mass is 416 g/mol. The first-order valence-electron chi connectivity index (χ1n) is 9.93. The first kappa shape index (κ1) is 21.3. The van der Waals surface area contributed by atoms with Gasteiger partial charge in [0.1, 0.15) is 5.75 Å². The van der Waals surface area contributed by atoms with Crippen molar-refractivity contribution in [3.05, 3.63) is 53.6 Å². The molecule has 1 fully saturated rings. The smallest absolute Gasteiger partial charge is 0.243 e. The van der Waals surface area contributed by atoms with E-state index in [2.05, 4.69) is 5.32 Å². The van der Waals surface area contributed by atoms with Gasteiger partial charge in [0.05, 0.1) is 17.2 Å². The van der Waals surface area contributed by atoms with Gasteiger partial charge in [0, 0.05) is 19.0 Å². The van der Waals surface area contributed by atoms with E-state index < -0.39 is 10.0 Å². The van der Waals surface area contributed by atoms with Crippen molar-refractivity contribution in [2.24, 2.45) is 5.92 Å². The Morgan fingerprint density at radius 2 is 1.83 bits per heavy atom. The molecule has 0 aromatic heterocycles. The Balaban J connectivity index is 1.66. The van der Waals surface area contributed by atoms with Crippen LogP contribution < -0.4 is 10.1 Å². The highest BCUT2D eigenvalue weighted by Gasteiger charge is 2.33. The molecule has 0 saturated carbocycles. The molecule has 29 heavy (non-hydrogen) atoms. The molecule has 2 aromatic rings. The number of aryl methyl sites for hydroxylation is 2. The summed E-state index contributed by atoms with van der Waals surface area (Å²) in [5, 5.41) is 2.93. The molecule has 0 bridgehead atoms. The average molecular weight is 417 g/mol. The Hall–Kier alpha value is -2.38. The molecule has 0 aliphatic carbocycles. The summed E-state index contributed by atoms with van der Waals surface area (Å²) in [5.41, 5.74) is 2.30. The van der Waals surface area contributed by atoms with Crippen LogP contribution in [0.4, 0.5) is 5.69 Å².